The molecular weight excluding hydrogens is 212 g/mol. The molecule has 0 aliphatic heterocycles. The SMILES string of the molecule is CC1C(NCCCN)CCCC1NCCCN. The maximum Gasteiger partial charge on any atom is 0.0107 e. The summed E-state index contributed by atoms with van der Waals surface area (Å²) in [4.78, 5) is 0. The molecular formula is C13H30N4. The van der Waals surface area contributed by atoms with Crippen molar-refractivity contribution in [2.24, 2.45) is 17.4 Å². The van der Waals surface area contributed by atoms with E-state index < -0.39 is 0 Å². The lowest BCUT2D eigenvalue weighted by Gasteiger charge is -2.37. The van der Waals surface area contributed by atoms with Gasteiger partial charge in [0.1, 0.15) is 0 Å². The highest BCUT2D eigenvalue weighted by Gasteiger charge is 2.28. The molecule has 0 spiro atoms. The van der Waals surface area contributed by atoms with Crippen molar-refractivity contribution in [3.63, 3.8) is 0 Å². The van der Waals surface area contributed by atoms with E-state index in [2.05, 4.69) is 17.6 Å². The molecule has 17 heavy (non-hydrogen) atoms. The summed E-state index contributed by atoms with van der Waals surface area (Å²) in [6.45, 7) is 6.04. The van der Waals surface area contributed by atoms with Gasteiger partial charge in [-0.3, -0.25) is 0 Å². The first-order chi connectivity index (χ1) is 8.29. The minimum atomic E-state index is 0.658. The average Bonchev–Trinajstić information content (AvgIpc) is 2.34. The van der Waals surface area contributed by atoms with Crippen molar-refractivity contribution in [1.29, 1.82) is 0 Å². The Bertz CT molecular complexity index is 168. The van der Waals surface area contributed by atoms with Crippen molar-refractivity contribution in [3.8, 4) is 0 Å². The fraction of sp³-hybridized carbons (Fsp3) is 1.00. The zero-order valence-electron chi connectivity index (χ0n) is 11.3. The van der Waals surface area contributed by atoms with E-state index in [0.717, 1.165) is 39.0 Å². The smallest absolute Gasteiger partial charge is 0.0107 e. The molecule has 6 N–H and O–H groups in total. The Labute approximate surface area is 106 Å². The molecule has 0 amide bonds. The van der Waals surface area contributed by atoms with Gasteiger partial charge in [-0.1, -0.05) is 13.3 Å². The van der Waals surface area contributed by atoms with Gasteiger partial charge in [-0.15, -0.1) is 0 Å². The lowest BCUT2D eigenvalue weighted by atomic mass is 9.81. The van der Waals surface area contributed by atoms with Crippen LogP contribution >= 0.6 is 0 Å². The summed E-state index contributed by atoms with van der Waals surface area (Å²) < 4.78 is 0. The quantitative estimate of drug-likeness (QED) is 0.465. The first kappa shape index (κ1) is 14.9. The molecule has 1 aliphatic carbocycles. The van der Waals surface area contributed by atoms with Crippen LogP contribution in [0.15, 0.2) is 0 Å². The molecule has 0 aromatic carbocycles. The van der Waals surface area contributed by atoms with Crippen LogP contribution in [0.3, 0.4) is 0 Å². The highest BCUT2D eigenvalue weighted by Crippen LogP contribution is 2.24. The van der Waals surface area contributed by atoms with E-state index in [1.807, 2.05) is 0 Å². The highest BCUT2D eigenvalue weighted by molar-refractivity contribution is 4.88. The summed E-state index contributed by atoms with van der Waals surface area (Å²) in [6, 6.07) is 1.32. The van der Waals surface area contributed by atoms with Gasteiger partial charge in [0.15, 0.2) is 0 Å². The molecule has 2 unspecified atom stereocenters. The number of hydrogen-bond acceptors (Lipinski definition) is 4. The van der Waals surface area contributed by atoms with Crippen molar-refractivity contribution in [3.05, 3.63) is 0 Å². The van der Waals surface area contributed by atoms with E-state index in [1.54, 1.807) is 0 Å². The number of hydrogen-bond donors (Lipinski definition) is 4. The number of nitrogens with two attached hydrogens (primary N) is 2. The van der Waals surface area contributed by atoms with Crippen molar-refractivity contribution < 1.29 is 0 Å². The lowest BCUT2D eigenvalue weighted by Crippen LogP contribution is -2.49. The van der Waals surface area contributed by atoms with E-state index in [9.17, 15) is 0 Å². The number of nitrogens with one attached hydrogen (secondary N) is 2. The molecule has 0 bridgehead atoms. The van der Waals surface area contributed by atoms with Crippen LogP contribution in [-0.2, 0) is 0 Å². The Hall–Kier alpha value is -0.160. The molecule has 2 atom stereocenters. The van der Waals surface area contributed by atoms with Crippen LogP contribution in [-0.4, -0.2) is 38.3 Å². The summed E-state index contributed by atoms with van der Waals surface area (Å²) in [6.07, 6.45) is 6.09. The zero-order chi connectivity index (χ0) is 12.5. The predicted octanol–water partition coefficient (Wildman–Crippen LogP) is 0.420. The van der Waals surface area contributed by atoms with E-state index in [1.165, 1.54) is 19.3 Å². The normalized spacial score (nSPS) is 29.5. The Morgan fingerprint density at radius 2 is 1.41 bits per heavy atom. The fourth-order valence-electron chi connectivity index (χ4n) is 2.72. The second kappa shape index (κ2) is 8.86. The Morgan fingerprint density at radius 3 is 1.82 bits per heavy atom. The van der Waals surface area contributed by atoms with Gasteiger partial charge < -0.3 is 22.1 Å². The summed E-state index contributed by atoms with van der Waals surface area (Å²) in [7, 11) is 0. The monoisotopic (exact) mass is 242 g/mol. The second-order valence-electron chi connectivity index (χ2n) is 5.20. The third-order valence-corrected chi connectivity index (χ3v) is 3.87. The molecule has 0 heterocycles. The lowest BCUT2D eigenvalue weighted by molar-refractivity contribution is 0.216. The molecule has 1 fully saturated rings. The van der Waals surface area contributed by atoms with Crippen LogP contribution in [0, 0.1) is 5.92 Å². The van der Waals surface area contributed by atoms with Gasteiger partial charge in [0.05, 0.1) is 0 Å². The van der Waals surface area contributed by atoms with Gasteiger partial charge in [0.2, 0.25) is 0 Å². The van der Waals surface area contributed by atoms with Gasteiger partial charge >= 0.3 is 0 Å². The van der Waals surface area contributed by atoms with Crippen molar-refractivity contribution in [1.82, 2.24) is 10.6 Å². The maximum atomic E-state index is 5.52. The van der Waals surface area contributed by atoms with E-state index in [4.69, 9.17) is 11.5 Å². The van der Waals surface area contributed by atoms with E-state index in [0.29, 0.717) is 18.0 Å². The molecule has 1 rings (SSSR count). The summed E-state index contributed by atoms with van der Waals surface area (Å²) in [5.41, 5.74) is 11.0. The van der Waals surface area contributed by atoms with E-state index in [-0.39, 0.29) is 0 Å². The van der Waals surface area contributed by atoms with Crippen molar-refractivity contribution in [2.45, 2.75) is 51.1 Å². The van der Waals surface area contributed by atoms with Crippen LogP contribution in [0.1, 0.15) is 39.0 Å². The molecule has 1 aliphatic rings. The standard InChI is InChI=1S/C13H30N4/c1-11-12(16-9-3-7-14)5-2-6-13(11)17-10-4-8-15/h11-13,16-17H,2-10,14-15H2,1H3. The first-order valence-electron chi connectivity index (χ1n) is 7.16. The van der Waals surface area contributed by atoms with Crippen LogP contribution in [0.2, 0.25) is 0 Å². The molecule has 0 saturated heterocycles. The topological polar surface area (TPSA) is 76.1 Å². The van der Waals surface area contributed by atoms with Crippen LogP contribution in [0.5, 0.6) is 0 Å². The maximum absolute atomic E-state index is 5.52. The molecule has 0 aromatic heterocycles. The third kappa shape index (κ3) is 5.34. The van der Waals surface area contributed by atoms with Gasteiger partial charge in [-0.05, 0) is 57.8 Å². The van der Waals surface area contributed by atoms with Gasteiger partial charge in [-0.25, -0.2) is 0 Å². The minimum Gasteiger partial charge on any atom is -0.330 e. The largest absolute Gasteiger partial charge is 0.330 e. The predicted molar refractivity (Wildman–Crippen MR) is 73.9 cm³/mol. The minimum absolute atomic E-state index is 0.658. The van der Waals surface area contributed by atoms with Crippen molar-refractivity contribution >= 4 is 0 Å². The summed E-state index contributed by atoms with van der Waals surface area (Å²) >= 11 is 0. The molecule has 0 radical (unpaired) electrons. The Morgan fingerprint density at radius 1 is 0.941 bits per heavy atom. The molecule has 1 saturated carbocycles. The molecule has 4 heteroatoms. The second-order valence-corrected chi connectivity index (χ2v) is 5.20. The van der Waals surface area contributed by atoms with Gasteiger partial charge in [-0.2, -0.15) is 0 Å². The average molecular weight is 242 g/mol. The fourth-order valence-corrected chi connectivity index (χ4v) is 2.72. The molecule has 102 valence electrons. The van der Waals surface area contributed by atoms with Gasteiger partial charge in [0, 0.05) is 12.1 Å². The van der Waals surface area contributed by atoms with Gasteiger partial charge in [0.25, 0.3) is 0 Å². The zero-order valence-corrected chi connectivity index (χ0v) is 11.3. The third-order valence-electron chi connectivity index (χ3n) is 3.87. The van der Waals surface area contributed by atoms with Crippen LogP contribution in [0.4, 0.5) is 0 Å². The van der Waals surface area contributed by atoms with Crippen LogP contribution in [0.25, 0.3) is 0 Å². The molecule has 4 nitrogen and oxygen atoms in total. The van der Waals surface area contributed by atoms with Crippen molar-refractivity contribution in [2.75, 3.05) is 26.2 Å². The number of rotatable bonds is 8. The Balaban J connectivity index is 2.26. The summed E-state index contributed by atoms with van der Waals surface area (Å²) in [5, 5.41) is 7.30. The van der Waals surface area contributed by atoms with E-state index >= 15 is 0 Å². The first-order valence-corrected chi connectivity index (χ1v) is 7.16. The molecule has 0 aromatic rings. The highest BCUT2D eigenvalue weighted by atomic mass is 15.0. The Kier molecular flexibility index (Phi) is 7.77. The van der Waals surface area contributed by atoms with Crippen LogP contribution < -0.4 is 22.1 Å². The summed E-state index contributed by atoms with van der Waals surface area (Å²) in [5.74, 6) is 0.708.